The highest BCUT2D eigenvalue weighted by Crippen LogP contribution is 2.52. The Morgan fingerprint density at radius 3 is 2.82 bits per heavy atom. The molecule has 1 amide bonds. The molecule has 7 nitrogen and oxygen atoms in total. The Morgan fingerprint density at radius 2 is 2.06 bits per heavy atom. The molecule has 4 aliphatic rings. The van der Waals surface area contributed by atoms with E-state index in [0.29, 0.717) is 5.92 Å². The summed E-state index contributed by atoms with van der Waals surface area (Å²) in [5.41, 5.74) is 6.59. The molecule has 1 aromatic heterocycles. The van der Waals surface area contributed by atoms with Crippen molar-refractivity contribution in [3.8, 4) is 11.1 Å². The molecular formula is C26H30N6O. The number of hydrogen-bond donors (Lipinski definition) is 2. The third kappa shape index (κ3) is 3.01. The Balaban J connectivity index is 1.55. The molecular weight excluding hydrogens is 412 g/mol. The van der Waals surface area contributed by atoms with E-state index < -0.39 is 5.41 Å². The maximum absolute atomic E-state index is 13.6. The van der Waals surface area contributed by atoms with Crippen molar-refractivity contribution in [2.75, 3.05) is 0 Å². The maximum Gasteiger partial charge on any atom is 0.250 e. The van der Waals surface area contributed by atoms with Crippen LogP contribution in [0.4, 0.5) is 0 Å². The van der Waals surface area contributed by atoms with Crippen LogP contribution in [0, 0.1) is 0 Å². The summed E-state index contributed by atoms with van der Waals surface area (Å²) in [5, 5.41) is 20.3. The van der Waals surface area contributed by atoms with Crippen molar-refractivity contribution in [3.05, 3.63) is 64.8 Å². The van der Waals surface area contributed by atoms with Crippen molar-refractivity contribution < 1.29 is 4.79 Å². The van der Waals surface area contributed by atoms with E-state index in [-0.39, 0.29) is 17.6 Å². The second kappa shape index (κ2) is 6.89. The van der Waals surface area contributed by atoms with Gasteiger partial charge in [0.15, 0.2) is 6.17 Å². The minimum Gasteiger partial charge on any atom is -0.362 e. The second-order valence-electron chi connectivity index (χ2n) is 10.4. The normalized spacial score (nSPS) is 27.6. The van der Waals surface area contributed by atoms with Crippen molar-refractivity contribution in [2.45, 2.75) is 69.5 Å². The summed E-state index contributed by atoms with van der Waals surface area (Å²) >= 11 is 0. The molecule has 2 aromatic rings. The van der Waals surface area contributed by atoms with E-state index in [4.69, 9.17) is 5.10 Å². The molecule has 0 radical (unpaired) electrons. The SMILES string of the molecule is CC[C@@]1(c2cccc(-c3cn(C)nc3C3CC3)c2)C2=CN=NC2NC2=C1C(=O)NC(C)(C)C2. The van der Waals surface area contributed by atoms with Crippen LogP contribution in [0.2, 0.25) is 0 Å². The van der Waals surface area contributed by atoms with Crippen molar-refractivity contribution in [1.82, 2.24) is 20.4 Å². The van der Waals surface area contributed by atoms with Crippen LogP contribution < -0.4 is 10.6 Å². The van der Waals surface area contributed by atoms with Crippen LogP contribution >= 0.6 is 0 Å². The monoisotopic (exact) mass is 442 g/mol. The van der Waals surface area contributed by atoms with Gasteiger partial charge in [-0.3, -0.25) is 9.48 Å². The molecule has 3 aliphatic heterocycles. The lowest BCUT2D eigenvalue weighted by molar-refractivity contribution is -0.120. The summed E-state index contributed by atoms with van der Waals surface area (Å²) in [6.07, 6.45) is 7.65. The number of carbonyl (C=O) groups is 1. The molecule has 4 heterocycles. The smallest absolute Gasteiger partial charge is 0.250 e. The van der Waals surface area contributed by atoms with Crippen molar-refractivity contribution >= 4 is 5.91 Å². The Kier molecular flexibility index (Phi) is 4.26. The Hall–Kier alpha value is -3.22. The standard InChI is InChI=1S/C26H30N6O/c1-5-26(17-8-6-7-16(11-17)18-14-32(4)31-22(18)15-9-10-15)19-13-27-30-23(19)28-20-12-25(2,3)29-24(33)21(20)26/h6-8,11,13-15,23,28H,5,9-10,12H2,1-4H3,(H,29,33)/t23?,26-/m1/s1. The van der Waals surface area contributed by atoms with E-state index in [1.807, 2.05) is 17.9 Å². The largest absolute Gasteiger partial charge is 0.362 e. The first-order valence-corrected chi connectivity index (χ1v) is 11.9. The van der Waals surface area contributed by atoms with Crippen LogP contribution in [0.5, 0.6) is 0 Å². The van der Waals surface area contributed by atoms with E-state index in [9.17, 15) is 4.79 Å². The Bertz CT molecular complexity index is 1260. The topological polar surface area (TPSA) is 83.7 Å². The van der Waals surface area contributed by atoms with Gasteiger partial charge in [0.05, 0.1) is 22.9 Å². The molecule has 2 N–H and O–H groups in total. The molecule has 0 saturated heterocycles. The molecule has 1 unspecified atom stereocenters. The van der Waals surface area contributed by atoms with Gasteiger partial charge in [-0.2, -0.15) is 15.3 Å². The molecule has 7 heteroatoms. The minimum atomic E-state index is -0.576. The fourth-order valence-corrected chi connectivity index (χ4v) is 5.95. The van der Waals surface area contributed by atoms with Gasteiger partial charge >= 0.3 is 0 Å². The number of fused-ring (bicyclic) bond motifs is 1. The number of azo groups is 1. The highest BCUT2D eigenvalue weighted by molar-refractivity contribution is 6.00. The van der Waals surface area contributed by atoms with Gasteiger partial charge in [-0.25, -0.2) is 0 Å². The number of nitrogens with zero attached hydrogens (tertiary/aromatic N) is 4. The zero-order chi connectivity index (χ0) is 23.0. The lowest BCUT2D eigenvalue weighted by Crippen LogP contribution is -2.58. The van der Waals surface area contributed by atoms with Crippen molar-refractivity contribution in [2.24, 2.45) is 17.3 Å². The first-order valence-electron chi connectivity index (χ1n) is 11.9. The number of aryl methyl sites for hydroxylation is 1. The van der Waals surface area contributed by atoms with E-state index in [0.717, 1.165) is 40.8 Å². The van der Waals surface area contributed by atoms with Gasteiger partial charge in [0, 0.05) is 48.0 Å². The van der Waals surface area contributed by atoms with Gasteiger partial charge in [0.2, 0.25) is 0 Å². The highest BCUT2D eigenvalue weighted by atomic mass is 16.2. The van der Waals surface area contributed by atoms with Crippen molar-refractivity contribution in [3.63, 3.8) is 0 Å². The number of aromatic nitrogens is 2. The molecule has 0 bridgehead atoms. The lowest BCUT2D eigenvalue weighted by Gasteiger charge is -2.48. The third-order valence-corrected chi connectivity index (χ3v) is 7.52. The summed E-state index contributed by atoms with van der Waals surface area (Å²) in [6, 6.07) is 8.67. The van der Waals surface area contributed by atoms with Crippen LogP contribution in [-0.2, 0) is 17.3 Å². The zero-order valence-corrected chi connectivity index (χ0v) is 19.6. The summed E-state index contributed by atoms with van der Waals surface area (Å²) in [6.45, 7) is 6.29. The Morgan fingerprint density at radius 1 is 1.24 bits per heavy atom. The molecule has 0 spiro atoms. The molecule has 33 heavy (non-hydrogen) atoms. The molecule has 6 rings (SSSR count). The van der Waals surface area contributed by atoms with Crippen LogP contribution in [-0.4, -0.2) is 27.4 Å². The van der Waals surface area contributed by atoms with Crippen molar-refractivity contribution in [1.29, 1.82) is 0 Å². The van der Waals surface area contributed by atoms with Crippen LogP contribution in [0.15, 0.2) is 63.7 Å². The first-order chi connectivity index (χ1) is 15.8. The van der Waals surface area contributed by atoms with E-state index in [1.165, 1.54) is 24.1 Å². The molecule has 1 aromatic carbocycles. The summed E-state index contributed by atoms with van der Waals surface area (Å²) in [4.78, 5) is 13.6. The summed E-state index contributed by atoms with van der Waals surface area (Å²) in [7, 11) is 1.99. The number of rotatable bonds is 4. The van der Waals surface area contributed by atoms with E-state index >= 15 is 0 Å². The first kappa shape index (κ1) is 20.4. The molecule has 1 saturated carbocycles. The van der Waals surface area contributed by atoms with Gasteiger partial charge in [-0.05, 0) is 50.3 Å². The third-order valence-electron chi connectivity index (χ3n) is 7.52. The number of carbonyl (C=O) groups excluding carboxylic acids is 1. The van der Waals surface area contributed by atoms with Gasteiger partial charge in [0.25, 0.3) is 5.91 Å². The fraction of sp³-hybridized carbons (Fsp3) is 0.462. The average molecular weight is 443 g/mol. The number of hydrogen-bond acceptors (Lipinski definition) is 5. The van der Waals surface area contributed by atoms with E-state index in [2.05, 4.69) is 72.1 Å². The zero-order valence-electron chi connectivity index (χ0n) is 19.6. The Labute approximate surface area is 194 Å². The van der Waals surface area contributed by atoms with Crippen LogP contribution in [0.3, 0.4) is 0 Å². The van der Waals surface area contributed by atoms with Crippen LogP contribution in [0.25, 0.3) is 11.1 Å². The van der Waals surface area contributed by atoms with Gasteiger partial charge in [-0.15, -0.1) is 0 Å². The highest BCUT2D eigenvalue weighted by Gasteiger charge is 2.53. The summed E-state index contributed by atoms with van der Waals surface area (Å²) < 4.78 is 1.92. The maximum atomic E-state index is 13.6. The quantitative estimate of drug-likeness (QED) is 0.734. The fourth-order valence-electron chi connectivity index (χ4n) is 5.95. The predicted molar refractivity (Wildman–Crippen MR) is 126 cm³/mol. The summed E-state index contributed by atoms with van der Waals surface area (Å²) in [5.74, 6) is 0.552. The number of amides is 1. The van der Waals surface area contributed by atoms with E-state index in [1.54, 1.807) is 0 Å². The number of nitrogens with one attached hydrogen (secondary N) is 2. The average Bonchev–Trinajstić information content (AvgIpc) is 3.38. The molecule has 1 aliphatic carbocycles. The molecule has 1 fully saturated rings. The van der Waals surface area contributed by atoms with Gasteiger partial charge in [-0.1, -0.05) is 25.1 Å². The predicted octanol–water partition coefficient (Wildman–Crippen LogP) is 4.44. The van der Waals surface area contributed by atoms with Crippen LogP contribution in [0.1, 0.15) is 63.6 Å². The minimum absolute atomic E-state index is 0.00713. The van der Waals surface area contributed by atoms with Gasteiger partial charge in [0.1, 0.15) is 0 Å². The molecule has 170 valence electrons. The lowest BCUT2D eigenvalue weighted by atomic mass is 9.62. The second-order valence-corrected chi connectivity index (χ2v) is 10.4. The number of benzene rings is 1. The van der Waals surface area contributed by atoms with Gasteiger partial charge < -0.3 is 10.6 Å². The molecule has 2 atom stereocenters.